The molecule has 0 unspecified atom stereocenters. The van der Waals surface area contributed by atoms with Crippen LogP contribution in [0.2, 0.25) is 0 Å². The molecule has 0 aliphatic heterocycles. The minimum absolute atomic E-state index is 0.0875. The van der Waals surface area contributed by atoms with Gasteiger partial charge >= 0.3 is 0 Å². The summed E-state index contributed by atoms with van der Waals surface area (Å²) in [6.07, 6.45) is 10.8. The first-order chi connectivity index (χ1) is 7.49. The van der Waals surface area contributed by atoms with Gasteiger partial charge in [0.2, 0.25) is 0 Å². The van der Waals surface area contributed by atoms with E-state index in [1.165, 1.54) is 5.57 Å². The van der Waals surface area contributed by atoms with E-state index < -0.39 is 5.60 Å². The maximum absolute atomic E-state index is 10.1. The van der Waals surface area contributed by atoms with Gasteiger partial charge < -0.3 is 9.84 Å². The summed E-state index contributed by atoms with van der Waals surface area (Å²) >= 11 is 0. The summed E-state index contributed by atoms with van der Waals surface area (Å²) in [6.45, 7) is 7.67. The fraction of sp³-hybridized carbons (Fsp3) is 0.571. The molecule has 0 radical (unpaired) electrons. The van der Waals surface area contributed by atoms with Crippen molar-refractivity contribution in [1.82, 2.24) is 0 Å². The Balaban J connectivity index is 2.82. The van der Waals surface area contributed by atoms with Gasteiger partial charge in [-0.15, -0.1) is 6.42 Å². The topological polar surface area (TPSA) is 29.5 Å². The van der Waals surface area contributed by atoms with Crippen LogP contribution in [0.25, 0.3) is 0 Å². The van der Waals surface area contributed by atoms with Gasteiger partial charge in [-0.2, -0.15) is 0 Å². The highest BCUT2D eigenvalue weighted by Crippen LogP contribution is 2.34. The number of ether oxygens (including phenoxy) is 1. The predicted molar refractivity (Wildman–Crippen MR) is 65.9 cm³/mol. The van der Waals surface area contributed by atoms with Crippen molar-refractivity contribution in [3.8, 4) is 12.3 Å². The summed E-state index contributed by atoms with van der Waals surface area (Å²) in [5.41, 5.74) is 0.421. The molecule has 0 bridgehead atoms. The van der Waals surface area contributed by atoms with Gasteiger partial charge in [-0.05, 0) is 26.7 Å². The summed E-state index contributed by atoms with van der Waals surface area (Å²) < 4.78 is 5.58. The number of aliphatic hydroxyl groups is 1. The number of terminal acetylenes is 1. The Hall–Kier alpha value is -1.04. The fourth-order valence-corrected chi connectivity index (χ4v) is 2.13. The van der Waals surface area contributed by atoms with Crippen LogP contribution in [0.4, 0.5) is 0 Å². The van der Waals surface area contributed by atoms with E-state index in [4.69, 9.17) is 11.2 Å². The third-order valence-electron chi connectivity index (χ3n) is 3.05. The van der Waals surface area contributed by atoms with Gasteiger partial charge in [-0.25, -0.2) is 0 Å². The second-order valence-corrected chi connectivity index (χ2v) is 4.72. The summed E-state index contributed by atoms with van der Waals surface area (Å²) in [5, 5.41) is 10.1. The average Bonchev–Trinajstić information content (AvgIpc) is 2.24. The monoisotopic (exact) mass is 220 g/mol. The Bertz CT molecular complexity index is 315. The molecule has 1 N–H and O–H groups in total. The maximum atomic E-state index is 10.1. The van der Waals surface area contributed by atoms with E-state index in [0.29, 0.717) is 0 Å². The minimum Gasteiger partial charge on any atom is -0.390 e. The highest BCUT2D eigenvalue weighted by molar-refractivity contribution is 5.22. The summed E-state index contributed by atoms with van der Waals surface area (Å²) in [6, 6.07) is 0. The van der Waals surface area contributed by atoms with Crippen molar-refractivity contribution in [1.29, 1.82) is 0 Å². The van der Waals surface area contributed by atoms with Gasteiger partial charge in [0.1, 0.15) is 6.61 Å². The molecule has 0 aromatic carbocycles. The van der Waals surface area contributed by atoms with Crippen LogP contribution in [-0.2, 0) is 4.74 Å². The Labute approximate surface area is 98.0 Å². The molecular formula is C14H20O2. The van der Waals surface area contributed by atoms with Crippen molar-refractivity contribution in [2.75, 3.05) is 6.61 Å². The fourth-order valence-electron chi connectivity index (χ4n) is 2.13. The Kier molecular flexibility index (Phi) is 4.35. The third kappa shape index (κ3) is 3.23. The Morgan fingerprint density at radius 2 is 2.44 bits per heavy atom. The molecule has 0 aromatic rings. The molecule has 2 atom stereocenters. The molecule has 88 valence electrons. The lowest BCUT2D eigenvalue weighted by Crippen LogP contribution is -2.41. The maximum Gasteiger partial charge on any atom is 0.108 e. The molecule has 0 aromatic heterocycles. The van der Waals surface area contributed by atoms with Crippen molar-refractivity contribution in [3.63, 3.8) is 0 Å². The molecule has 1 rings (SSSR count). The quantitative estimate of drug-likeness (QED) is 0.737. The SMILES string of the molecule is C#CCO[C@H]1C=C(C=C)CC[C@@H]1C(C)(C)O. The van der Waals surface area contributed by atoms with E-state index in [2.05, 4.69) is 12.5 Å². The van der Waals surface area contributed by atoms with E-state index >= 15 is 0 Å². The van der Waals surface area contributed by atoms with Gasteiger partial charge in [0.05, 0.1) is 11.7 Å². The van der Waals surface area contributed by atoms with Crippen molar-refractivity contribution >= 4 is 0 Å². The van der Waals surface area contributed by atoms with E-state index in [1.807, 2.05) is 26.0 Å². The molecule has 0 spiro atoms. The molecule has 2 heteroatoms. The second kappa shape index (κ2) is 5.34. The van der Waals surface area contributed by atoms with Crippen molar-refractivity contribution < 1.29 is 9.84 Å². The zero-order valence-corrected chi connectivity index (χ0v) is 10.1. The van der Waals surface area contributed by atoms with Gasteiger partial charge in [0.25, 0.3) is 0 Å². The van der Waals surface area contributed by atoms with Crippen molar-refractivity contribution in [2.45, 2.75) is 38.4 Å². The number of hydrogen-bond acceptors (Lipinski definition) is 2. The lowest BCUT2D eigenvalue weighted by molar-refractivity contribution is -0.0578. The summed E-state index contributed by atoms with van der Waals surface area (Å²) in [5.74, 6) is 2.55. The molecule has 1 aliphatic rings. The first-order valence-electron chi connectivity index (χ1n) is 5.59. The highest BCUT2D eigenvalue weighted by atomic mass is 16.5. The zero-order valence-electron chi connectivity index (χ0n) is 10.1. The zero-order chi connectivity index (χ0) is 12.2. The summed E-state index contributed by atoms with van der Waals surface area (Å²) in [4.78, 5) is 0. The second-order valence-electron chi connectivity index (χ2n) is 4.72. The van der Waals surface area contributed by atoms with Gasteiger partial charge in [-0.3, -0.25) is 0 Å². The standard InChI is InChI=1S/C14H20O2/c1-5-9-16-13-10-11(6-2)7-8-12(13)14(3,4)15/h1,6,10,12-13,15H,2,7-9H2,3-4H3/t12-,13-/m0/s1. The Morgan fingerprint density at radius 1 is 1.75 bits per heavy atom. The van der Waals surface area contributed by atoms with E-state index in [-0.39, 0.29) is 18.6 Å². The van der Waals surface area contributed by atoms with Crippen molar-refractivity contribution in [2.24, 2.45) is 5.92 Å². The normalized spacial score (nSPS) is 25.8. The molecule has 1 aliphatic carbocycles. The average molecular weight is 220 g/mol. The molecular weight excluding hydrogens is 200 g/mol. The molecule has 0 heterocycles. The van der Waals surface area contributed by atoms with Gasteiger partial charge in [-0.1, -0.05) is 30.2 Å². The molecule has 0 amide bonds. The van der Waals surface area contributed by atoms with Crippen molar-refractivity contribution in [3.05, 3.63) is 24.3 Å². The van der Waals surface area contributed by atoms with Crippen LogP contribution < -0.4 is 0 Å². The van der Waals surface area contributed by atoms with Gasteiger partial charge in [0, 0.05) is 5.92 Å². The van der Waals surface area contributed by atoms with Crippen LogP contribution in [0.3, 0.4) is 0 Å². The van der Waals surface area contributed by atoms with Crippen LogP contribution in [0, 0.1) is 18.3 Å². The van der Waals surface area contributed by atoms with Crippen LogP contribution in [-0.4, -0.2) is 23.4 Å². The first kappa shape index (κ1) is 13.0. The van der Waals surface area contributed by atoms with Crippen LogP contribution in [0.5, 0.6) is 0 Å². The van der Waals surface area contributed by atoms with Gasteiger partial charge in [0.15, 0.2) is 0 Å². The van der Waals surface area contributed by atoms with E-state index in [1.54, 1.807) is 0 Å². The molecule has 2 nitrogen and oxygen atoms in total. The Morgan fingerprint density at radius 3 is 2.94 bits per heavy atom. The number of allylic oxidation sites excluding steroid dienone is 2. The number of rotatable bonds is 4. The third-order valence-corrected chi connectivity index (χ3v) is 3.05. The predicted octanol–water partition coefficient (Wildman–Crippen LogP) is 2.30. The molecule has 0 saturated carbocycles. The lowest BCUT2D eigenvalue weighted by Gasteiger charge is -2.37. The lowest BCUT2D eigenvalue weighted by atomic mass is 9.77. The smallest absolute Gasteiger partial charge is 0.108 e. The minimum atomic E-state index is -0.748. The van der Waals surface area contributed by atoms with E-state index in [0.717, 1.165) is 12.8 Å². The number of hydrogen-bond donors (Lipinski definition) is 1. The van der Waals surface area contributed by atoms with Crippen LogP contribution in [0.1, 0.15) is 26.7 Å². The van der Waals surface area contributed by atoms with E-state index in [9.17, 15) is 5.11 Å². The molecule has 0 saturated heterocycles. The molecule has 0 fully saturated rings. The largest absolute Gasteiger partial charge is 0.390 e. The highest BCUT2D eigenvalue weighted by Gasteiger charge is 2.35. The first-order valence-corrected chi connectivity index (χ1v) is 5.59. The summed E-state index contributed by atoms with van der Waals surface area (Å²) in [7, 11) is 0. The molecule has 16 heavy (non-hydrogen) atoms. The van der Waals surface area contributed by atoms with Crippen LogP contribution in [0.15, 0.2) is 24.3 Å². The van der Waals surface area contributed by atoms with Crippen LogP contribution >= 0.6 is 0 Å².